The molecular formula is C18H18N4O. The number of hydrogen-bond acceptors (Lipinski definition) is 3. The van der Waals surface area contributed by atoms with Gasteiger partial charge in [-0.1, -0.05) is 30.3 Å². The summed E-state index contributed by atoms with van der Waals surface area (Å²) in [5.41, 5.74) is 3.53. The maximum Gasteiger partial charge on any atom is 0.253 e. The highest BCUT2D eigenvalue weighted by atomic mass is 16.1. The Labute approximate surface area is 135 Å². The van der Waals surface area contributed by atoms with Gasteiger partial charge in [-0.15, -0.1) is 0 Å². The number of aromatic nitrogens is 3. The Morgan fingerprint density at radius 2 is 1.91 bits per heavy atom. The zero-order chi connectivity index (χ0) is 16.1. The Hall–Kier alpha value is -2.95. The van der Waals surface area contributed by atoms with Crippen LogP contribution in [0.3, 0.4) is 0 Å². The van der Waals surface area contributed by atoms with Gasteiger partial charge in [-0.25, -0.2) is 4.98 Å². The van der Waals surface area contributed by atoms with E-state index in [1.54, 1.807) is 18.6 Å². The van der Waals surface area contributed by atoms with Gasteiger partial charge in [-0.2, -0.15) is 0 Å². The first kappa shape index (κ1) is 15.0. The summed E-state index contributed by atoms with van der Waals surface area (Å²) in [6.07, 6.45) is 5.96. The molecule has 0 saturated heterocycles. The van der Waals surface area contributed by atoms with E-state index in [-0.39, 0.29) is 5.91 Å². The molecule has 1 N–H and O–H groups in total. The van der Waals surface area contributed by atoms with E-state index >= 15 is 0 Å². The van der Waals surface area contributed by atoms with Crippen molar-refractivity contribution < 1.29 is 4.79 Å². The molecule has 0 atom stereocenters. The molecule has 0 aliphatic carbocycles. The number of hydrogen-bond donors (Lipinski definition) is 1. The molecule has 3 aromatic rings. The predicted molar refractivity (Wildman–Crippen MR) is 87.9 cm³/mol. The van der Waals surface area contributed by atoms with Crippen LogP contribution in [0.25, 0.3) is 0 Å². The Bertz CT molecular complexity index is 778. The maximum absolute atomic E-state index is 12.1. The highest BCUT2D eigenvalue weighted by Crippen LogP contribution is 2.08. The van der Waals surface area contributed by atoms with Crippen LogP contribution < -0.4 is 5.32 Å². The van der Waals surface area contributed by atoms with Crippen molar-refractivity contribution >= 4 is 5.91 Å². The summed E-state index contributed by atoms with van der Waals surface area (Å²) < 4.78 is 1.85. The molecule has 5 nitrogen and oxygen atoms in total. The first-order valence-electron chi connectivity index (χ1n) is 7.44. The number of nitrogens with zero attached hydrogens (tertiary/aromatic N) is 3. The van der Waals surface area contributed by atoms with Crippen LogP contribution in [0.15, 0.2) is 61.2 Å². The summed E-state index contributed by atoms with van der Waals surface area (Å²) in [6, 6.07) is 13.8. The van der Waals surface area contributed by atoms with E-state index in [0.29, 0.717) is 12.1 Å². The monoisotopic (exact) mass is 306 g/mol. The average Bonchev–Trinajstić information content (AvgIpc) is 3.00. The molecule has 0 aliphatic heterocycles. The fourth-order valence-corrected chi connectivity index (χ4v) is 2.30. The highest BCUT2D eigenvalue weighted by Gasteiger charge is 2.07. The predicted octanol–water partition coefficient (Wildman–Crippen LogP) is 2.34. The second-order valence-electron chi connectivity index (χ2n) is 5.41. The van der Waals surface area contributed by atoms with Gasteiger partial charge in [0.2, 0.25) is 0 Å². The number of benzene rings is 1. The van der Waals surface area contributed by atoms with Crippen LogP contribution in [0.5, 0.6) is 0 Å². The van der Waals surface area contributed by atoms with E-state index in [2.05, 4.69) is 27.4 Å². The fraction of sp³-hybridized carbons (Fsp3) is 0.167. The van der Waals surface area contributed by atoms with Crippen molar-refractivity contribution in [3.05, 3.63) is 83.7 Å². The lowest BCUT2D eigenvalue weighted by molar-refractivity contribution is 0.0950. The number of amides is 1. The number of pyridine rings is 1. The summed E-state index contributed by atoms with van der Waals surface area (Å²) in [7, 11) is 1.90. The van der Waals surface area contributed by atoms with Crippen LogP contribution in [0.2, 0.25) is 0 Å². The molecule has 0 bridgehead atoms. The van der Waals surface area contributed by atoms with Gasteiger partial charge >= 0.3 is 0 Å². The van der Waals surface area contributed by atoms with Crippen LogP contribution in [-0.2, 0) is 20.0 Å². The van der Waals surface area contributed by atoms with Gasteiger partial charge < -0.3 is 9.88 Å². The standard InChI is InChI=1S/C18H18N4O/c1-22-12-17(21-13-22)11-20-18(23)15-7-8-16(19-10-15)9-14-5-3-2-4-6-14/h2-8,10,12-13H,9,11H2,1H3,(H,20,23). The number of nitrogens with one attached hydrogen (secondary N) is 1. The first-order valence-corrected chi connectivity index (χ1v) is 7.44. The smallest absolute Gasteiger partial charge is 0.253 e. The third-order valence-electron chi connectivity index (χ3n) is 3.50. The van der Waals surface area contributed by atoms with E-state index in [1.807, 2.05) is 42.1 Å². The zero-order valence-corrected chi connectivity index (χ0v) is 12.9. The van der Waals surface area contributed by atoms with Crippen molar-refractivity contribution in [3.8, 4) is 0 Å². The molecule has 3 rings (SSSR count). The van der Waals surface area contributed by atoms with Gasteiger partial charge in [0.15, 0.2) is 0 Å². The number of carbonyl (C=O) groups excluding carboxylic acids is 1. The minimum Gasteiger partial charge on any atom is -0.346 e. The van der Waals surface area contributed by atoms with E-state index in [9.17, 15) is 4.79 Å². The summed E-state index contributed by atoms with van der Waals surface area (Å²) in [5.74, 6) is -0.144. The summed E-state index contributed by atoms with van der Waals surface area (Å²) >= 11 is 0. The Kier molecular flexibility index (Phi) is 4.47. The lowest BCUT2D eigenvalue weighted by Crippen LogP contribution is -2.23. The SMILES string of the molecule is Cn1cnc(CNC(=O)c2ccc(Cc3ccccc3)nc2)c1. The van der Waals surface area contributed by atoms with Gasteiger partial charge in [0.1, 0.15) is 0 Å². The molecular weight excluding hydrogens is 288 g/mol. The van der Waals surface area contributed by atoms with Gasteiger partial charge in [0, 0.05) is 31.6 Å². The lowest BCUT2D eigenvalue weighted by Gasteiger charge is -2.05. The fourth-order valence-electron chi connectivity index (χ4n) is 2.30. The van der Waals surface area contributed by atoms with Crippen LogP contribution >= 0.6 is 0 Å². The Balaban J connectivity index is 1.59. The van der Waals surface area contributed by atoms with E-state index in [0.717, 1.165) is 17.8 Å². The van der Waals surface area contributed by atoms with E-state index in [4.69, 9.17) is 0 Å². The van der Waals surface area contributed by atoms with Crippen molar-refractivity contribution in [1.82, 2.24) is 19.9 Å². The van der Waals surface area contributed by atoms with Crippen LogP contribution in [0.1, 0.15) is 27.3 Å². The maximum atomic E-state index is 12.1. The van der Waals surface area contributed by atoms with Crippen molar-refractivity contribution in [2.24, 2.45) is 7.05 Å². The van der Waals surface area contributed by atoms with Gasteiger partial charge in [-0.05, 0) is 17.7 Å². The van der Waals surface area contributed by atoms with Crippen LogP contribution in [0, 0.1) is 0 Å². The average molecular weight is 306 g/mol. The van der Waals surface area contributed by atoms with Crippen molar-refractivity contribution in [2.75, 3.05) is 0 Å². The molecule has 0 radical (unpaired) electrons. The molecule has 0 unspecified atom stereocenters. The second-order valence-corrected chi connectivity index (χ2v) is 5.41. The Morgan fingerprint density at radius 1 is 1.09 bits per heavy atom. The molecule has 1 aromatic carbocycles. The molecule has 1 amide bonds. The van der Waals surface area contributed by atoms with Gasteiger partial charge in [0.25, 0.3) is 5.91 Å². The minimum atomic E-state index is -0.144. The first-order chi connectivity index (χ1) is 11.2. The molecule has 0 saturated carbocycles. The third-order valence-corrected chi connectivity index (χ3v) is 3.50. The number of aryl methyl sites for hydroxylation is 1. The zero-order valence-electron chi connectivity index (χ0n) is 12.9. The largest absolute Gasteiger partial charge is 0.346 e. The lowest BCUT2D eigenvalue weighted by atomic mass is 10.1. The quantitative estimate of drug-likeness (QED) is 0.787. The van der Waals surface area contributed by atoms with Crippen molar-refractivity contribution in [3.63, 3.8) is 0 Å². The number of carbonyl (C=O) groups is 1. The van der Waals surface area contributed by atoms with Crippen LogP contribution in [-0.4, -0.2) is 20.4 Å². The molecule has 0 fully saturated rings. The van der Waals surface area contributed by atoms with Crippen molar-refractivity contribution in [1.29, 1.82) is 0 Å². The minimum absolute atomic E-state index is 0.144. The summed E-state index contributed by atoms with van der Waals surface area (Å²) in [6.45, 7) is 0.408. The second kappa shape index (κ2) is 6.87. The molecule has 0 spiro atoms. The van der Waals surface area contributed by atoms with Gasteiger partial charge in [-0.3, -0.25) is 9.78 Å². The van der Waals surface area contributed by atoms with E-state index < -0.39 is 0 Å². The topological polar surface area (TPSA) is 59.8 Å². The molecule has 2 aromatic heterocycles. The van der Waals surface area contributed by atoms with Crippen molar-refractivity contribution in [2.45, 2.75) is 13.0 Å². The molecule has 0 aliphatic rings. The highest BCUT2D eigenvalue weighted by molar-refractivity contribution is 5.93. The molecule has 2 heterocycles. The Morgan fingerprint density at radius 3 is 2.57 bits per heavy atom. The molecule has 23 heavy (non-hydrogen) atoms. The normalized spacial score (nSPS) is 10.5. The van der Waals surface area contributed by atoms with Gasteiger partial charge in [0.05, 0.1) is 24.1 Å². The van der Waals surface area contributed by atoms with Crippen LogP contribution in [0.4, 0.5) is 0 Å². The summed E-state index contributed by atoms with van der Waals surface area (Å²) in [5, 5.41) is 2.84. The third kappa shape index (κ3) is 4.03. The number of rotatable bonds is 5. The molecule has 116 valence electrons. The summed E-state index contributed by atoms with van der Waals surface area (Å²) in [4.78, 5) is 20.7. The number of imidazole rings is 1. The van der Waals surface area contributed by atoms with E-state index in [1.165, 1.54) is 5.56 Å². The molecule has 5 heteroatoms.